The van der Waals surface area contributed by atoms with Crippen molar-refractivity contribution in [3.63, 3.8) is 0 Å². The zero-order valence-corrected chi connectivity index (χ0v) is 99.4. The molecule has 0 unspecified atom stereocenters. The summed E-state index contributed by atoms with van der Waals surface area (Å²) in [5, 5.41) is -95.5. The van der Waals surface area contributed by atoms with E-state index in [-0.39, 0.29) is 0 Å². The molecule has 0 fully saturated rings. The fourth-order valence-corrected chi connectivity index (χ4v) is 605. The van der Waals surface area contributed by atoms with Crippen LogP contribution in [0.25, 0.3) is 0 Å². The maximum absolute atomic E-state index is 6.17. The van der Waals surface area contributed by atoms with E-state index in [0.29, 0.717) is 0 Å². The van der Waals surface area contributed by atoms with Gasteiger partial charge < -0.3 is 0 Å². The Kier molecular flexibility index (Phi) is 40.2. The van der Waals surface area contributed by atoms with Gasteiger partial charge in [0.25, 0.3) is 0 Å². The number of thiol groups is 1. The zero-order valence-electron chi connectivity index (χ0n) is 32.7. The van der Waals surface area contributed by atoms with Gasteiger partial charge in [-0.05, 0) is 582 Å². The van der Waals surface area contributed by atoms with E-state index in [1.54, 1.807) is 21.2 Å². The van der Waals surface area contributed by atoms with Crippen LogP contribution < -0.4 is 0 Å². The summed E-state index contributed by atoms with van der Waals surface area (Å²) < 4.78 is -2.73. The van der Waals surface area contributed by atoms with Crippen LogP contribution in [0.5, 0.6) is 0 Å². The maximum atomic E-state index is 6.17. The molecule has 0 atom stereocenters. The lowest BCUT2D eigenvalue weighted by atomic mass is 29.7. The highest BCUT2D eigenvalue weighted by molar-refractivity contribution is 14.2. The third-order valence-electron chi connectivity index (χ3n) is 6.25. The van der Waals surface area contributed by atoms with Crippen LogP contribution in [0.1, 0.15) is 0 Å². The zero-order chi connectivity index (χ0) is 67.0. The summed E-state index contributed by atoms with van der Waals surface area (Å²) in [6.07, 6.45) is 0. The monoisotopic (exact) mass is 2650 g/mol. The van der Waals surface area contributed by atoms with Crippen molar-refractivity contribution < 1.29 is 0 Å². The van der Waals surface area contributed by atoms with Crippen molar-refractivity contribution in [2.24, 2.45) is 0 Å². The first-order valence-corrected chi connectivity index (χ1v) is 120. The molecule has 0 saturated heterocycles. The number of hydrogen-bond donors (Lipinski definition) is 1. The molecule has 80 heteroatoms. The molecule has 0 saturated carbocycles. The van der Waals surface area contributed by atoms with Gasteiger partial charge >= 0.3 is 0 Å². The Labute approximate surface area is 725 Å². The van der Waals surface area contributed by atoms with Crippen LogP contribution in [-0.2, 0) is 715 Å². The molecule has 0 aliphatic carbocycles. The van der Waals surface area contributed by atoms with Gasteiger partial charge in [0, 0.05) is 155 Å². The minimum atomic E-state index is -4.09. The molecule has 0 heterocycles. The van der Waals surface area contributed by atoms with Crippen LogP contribution in [0.2, 0.25) is 0 Å². The van der Waals surface area contributed by atoms with Crippen LogP contribution >= 0.6 is 32.9 Å². The highest BCUT2D eigenvalue weighted by Gasteiger charge is 2.49. The first kappa shape index (κ1) is 102. The number of hydrogen-bond acceptors (Lipinski definition) is 52. The van der Waals surface area contributed by atoms with Gasteiger partial charge in [-0.15, -0.1) is 0 Å². The molecule has 0 radical (unpaired) electrons. The largest absolute Gasteiger partial charge is 0.0917 e. The first-order valence-electron chi connectivity index (χ1n) is 13.2. The molecule has 0 aliphatic heterocycles. The van der Waals surface area contributed by atoms with E-state index in [0.717, 1.165) is 0 Å². The van der Waals surface area contributed by atoms with E-state index in [4.69, 9.17) is 582 Å². The van der Waals surface area contributed by atoms with Crippen LogP contribution in [0.15, 0.2) is 0 Å². The lowest BCUT2D eigenvalue weighted by Crippen LogP contribution is -2.40. The Morgan fingerprint density at radius 2 is 0.188 bits per heavy atom. The lowest BCUT2D eigenvalue weighted by Gasteiger charge is -2.37. The quantitative estimate of drug-likeness (QED) is 0.0601. The second-order valence-electron chi connectivity index (χ2n) is 10.6. The summed E-state index contributed by atoms with van der Waals surface area (Å²) >= 11 is 318. The van der Waals surface area contributed by atoms with E-state index in [2.05, 4.69) is 11.7 Å². The smallest absolute Gasteiger partial charge is 0.0451 e. The summed E-state index contributed by atoms with van der Waals surface area (Å²) in [5.74, 6) is 0. The summed E-state index contributed by atoms with van der Waals surface area (Å²) in [7, 11) is 0. The second kappa shape index (κ2) is 31.7. The summed E-state index contributed by atoms with van der Waals surface area (Å²) in [4.78, 5) is 0. The maximum Gasteiger partial charge on any atom is 0.0451 e. The fraction of sp³-hybridized carbons (Fsp3) is 0. The molecule has 0 amide bonds. The van der Waals surface area contributed by atoms with Gasteiger partial charge in [-0.3, -0.25) is 0 Å². The van der Waals surface area contributed by atoms with Crippen LogP contribution in [0.4, 0.5) is 0 Å². The van der Waals surface area contributed by atoms with Gasteiger partial charge in [0.1, 0.15) is 0 Å². The van der Waals surface area contributed by atoms with Crippen molar-refractivity contribution in [3.05, 3.63) is 0 Å². The SMILES string of the molecule is S=S(=S)(S)S(=S)(=S)S(=S)(=S)S(=S)(=S)S(=S)(=S)S(=S)(=S)S(=S)(=S)S(=S)(=S)S(=S)(=S)S(=S)(=S)S(=S)(=S)S(=S)(=S)S(=S)(=S)S(=S)(=S)S(=S)(=S)S(=S)(=S)S(=S)(=S)S(=S)(=S)S(=S)(=S)S(=S)(=S)S(=S)(=S)S(=S)(=S)S(=S)(=S)S(=S)(=S)S(=S)(=S)S(=S)(=S)I. The molecule has 0 rings (SSSR count). The molecule has 0 bridgehead atoms. The van der Waals surface area contributed by atoms with Gasteiger partial charge in [0.05, 0.1) is 0 Å². The molecule has 80 heavy (non-hydrogen) atoms. The average Bonchev–Trinajstić information content (AvgIpc) is 3.20. The molecular formula is HIS79. The minimum Gasteiger partial charge on any atom is -0.0917 e. The van der Waals surface area contributed by atoms with Gasteiger partial charge in [-0.25, -0.2) is 0 Å². The molecule has 0 spiro atoms. The van der Waals surface area contributed by atoms with Gasteiger partial charge in [-0.1, -0.05) is 11.7 Å². The molecule has 0 aromatic heterocycles. The van der Waals surface area contributed by atoms with Crippen molar-refractivity contribution in [3.8, 4) is 0 Å². The normalized spacial score (nSPS) is 17.0. The van der Waals surface area contributed by atoms with Crippen LogP contribution in [0, 0.1) is 0 Å². The van der Waals surface area contributed by atoms with Crippen molar-refractivity contribution >= 4 is 748 Å². The molecule has 482 valence electrons. The fourth-order valence-electron chi connectivity index (χ4n) is 2.45. The molecule has 0 aliphatic rings. The Hall–Kier alpha value is 21.6. The topological polar surface area (TPSA) is 0 Å². The highest BCUT2D eigenvalue weighted by Crippen LogP contribution is 2.45. The number of rotatable bonds is 25. The first-order chi connectivity index (χ1) is 33.2. The predicted molar refractivity (Wildman–Crippen MR) is 597 cm³/mol. The average molecular weight is 2660 g/mol. The van der Waals surface area contributed by atoms with E-state index in [1.165, 1.54) is 0 Å². The van der Waals surface area contributed by atoms with Gasteiger partial charge in [-0.2, -0.15) is 0 Å². The Balaban J connectivity index is 8.71. The van der Waals surface area contributed by atoms with Gasteiger partial charge in [0.15, 0.2) is 0 Å². The Morgan fingerprint density at radius 1 is 0.125 bits per heavy atom. The molecular weight excluding hydrogens is 2660 g/mol. The Morgan fingerprint density at radius 3 is 0.250 bits per heavy atom. The number of halogens is 1. The highest BCUT2D eigenvalue weighted by atomic mass is 127. The predicted octanol–water partition coefficient (Wildman–Crippen LogP) is 1.08. The molecule has 0 aromatic carbocycles. The third kappa shape index (κ3) is 15.9. The molecule has 0 N–H and O–H groups in total. The van der Waals surface area contributed by atoms with E-state index >= 15 is 0 Å². The minimum absolute atomic E-state index is 1.74. The third-order valence-corrected chi connectivity index (χ3v) is 514. The van der Waals surface area contributed by atoms with Crippen LogP contribution in [-0.4, -0.2) is 0 Å². The lowest BCUT2D eigenvalue weighted by molar-refractivity contribution is 4.96. The standard InChI is InChI=1S/HIS79/c1-55(2,3)57(7,8)59(11,12)61(15,16)63(19,20)65(23,24)67(27,28)69(31,32)71(35,36)73(39,40)75(43,44)77(47,48)79(51,52)80(53,54)78(49,50)76(45,46)74(41,42)72(37,38)70(33,34)68(29,30)66(25,26)64(21,22)62(17,18)60(13,14)58(9,10)56(4,5)6/h(H,4,5,6). The molecule has 0 nitrogen and oxygen atoms in total. The van der Waals surface area contributed by atoms with E-state index in [1.807, 2.05) is 0 Å². The van der Waals surface area contributed by atoms with E-state index < -0.39 is 134 Å². The second-order valence-corrected chi connectivity index (χ2v) is 293. The Bertz CT molecular complexity index is 5660. The van der Waals surface area contributed by atoms with Crippen molar-refractivity contribution in [2.45, 2.75) is 0 Å². The van der Waals surface area contributed by atoms with E-state index in [9.17, 15) is 0 Å². The van der Waals surface area contributed by atoms with Crippen LogP contribution in [0.3, 0.4) is 0 Å². The summed E-state index contributed by atoms with van der Waals surface area (Å²) in [5.41, 5.74) is 0. The summed E-state index contributed by atoms with van der Waals surface area (Å²) in [6, 6.07) is 0. The van der Waals surface area contributed by atoms with Gasteiger partial charge in [0.2, 0.25) is 0 Å². The van der Waals surface area contributed by atoms with Crippen molar-refractivity contribution in [1.82, 2.24) is 0 Å². The van der Waals surface area contributed by atoms with Crippen molar-refractivity contribution in [1.29, 1.82) is 0 Å². The summed E-state index contributed by atoms with van der Waals surface area (Å²) in [6.45, 7) is 0. The molecule has 0 aromatic rings. The van der Waals surface area contributed by atoms with Crippen molar-refractivity contribution in [2.75, 3.05) is 0 Å².